The van der Waals surface area contributed by atoms with Crippen molar-refractivity contribution in [1.29, 1.82) is 0 Å². The van der Waals surface area contributed by atoms with E-state index in [-0.39, 0.29) is 12.6 Å². The number of thiophene rings is 1. The molecule has 3 heterocycles. The van der Waals surface area contributed by atoms with Crippen LogP contribution in [0.2, 0.25) is 0 Å². The molecule has 5 rings (SSSR count). The molecule has 7 heteroatoms. The molecule has 0 amide bonds. The Bertz CT molecular complexity index is 1110. The first-order valence-corrected chi connectivity index (χ1v) is 11.1. The van der Waals surface area contributed by atoms with Crippen molar-refractivity contribution in [1.82, 2.24) is 5.01 Å². The highest BCUT2D eigenvalue weighted by Crippen LogP contribution is 2.48. The van der Waals surface area contributed by atoms with E-state index in [4.69, 9.17) is 19.3 Å². The number of fused-ring (bicyclic) bond motifs is 3. The minimum absolute atomic E-state index is 0.0742. The minimum atomic E-state index is -0.462. The molecule has 0 radical (unpaired) electrons. The molecule has 0 aliphatic carbocycles. The van der Waals surface area contributed by atoms with Gasteiger partial charge in [-0.15, -0.1) is 11.3 Å². The van der Waals surface area contributed by atoms with Crippen molar-refractivity contribution < 1.29 is 19.0 Å². The molecule has 3 aromatic rings. The maximum Gasteiger partial charge on any atom is 0.344 e. The van der Waals surface area contributed by atoms with E-state index in [1.165, 1.54) is 0 Å². The molecule has 2 aromatic carbocycles. The smallest absolute Gasteiger partial charge is 0.344 e. The fourth-order valence-corrected chi connectivity index (χ4v) is 4.71. The first-order chi connectivity index (χ1) is 15.2. The Kier molecular flexibility index (Phi) is 5.34. The molecule has 0 spiro atoms. The van der Waals surface area contributed by atoms with Crippen molar-refractivity contribution in [2.45, 2.75) is 25.6 Å². The standard InChI is InChI=1S/C24H22N2O4S/c1-2-28-23(27)15-29-20-10-5-4-9-17(20)24-26-19(16-8-3-6-11-21(16)30-24)14-18(25-26)22-12-7-13-31-22/h3-13,19,24H,2,14-15H2,1H3/t19-,24-/m0/s1. The summed E-state index contributed by atoms with van der Waals surface area (Å²) in [5, 5.41) is 9.05. The maximum absolute atomic E-state index is 11.8. The summed E-state index contributed by atoms with van der Waals surface area (Å²) in [5.74, 6) is 1.03. The Morgan fingerprint density at radius 2 is 1.94 bits per heavy atom. The fraction of sp³-hybridized carbons (Fsp3) is 0.250. The molecule has 2 aliphatic rings. The van der Waals surface area contributed by atoms with Crippen molar-refractivity contribution in [3.8, 4) is 11.5 Å². The van der Waals surface area contributed by atoms with Crippen molar-refractivity contribution in [3.63, 3.8) is 0 Å². The van der Waals surface area contributed by atoms with Gasteiger partial charge in [0.1, 0.15) is 11.5 Å². The highest BCUT2D eigenvalue weighted by molar-refractivity contribution is 7.12. The second-order valence-electron chi connectivity index (χ2n) is 7.26. The van der Waals surface area contributed by atoms with Crippen LogP contribution in [0.5, 0.6) is 11.5 Å². The fourth-order valence-electron chi connectivity index (χ4n) is 3.99. The normalized spacial score (nSPS) is 19.1. The average molecular weight is 435 g/mol. The van der Waals surface area contributed by atoms with Crippen LogP contribution in [0.1, 0.15) is 41.6 Å². The highest BCUT2D eigenvalue weighted by Gasteiger charge is 2.42. The number of carbonyl (C=O) groups excluding carboxylic acids is 1. The first-order valence-electron chi connectivity index (χ1n) is 10.3. The van der Waals surface area contributed by atoms with Crippen LogP contribution >= 0.6 is 11.3 Å². The summed E-state index contributed by atoms with van der Waals surface area (Å²) >= 11 is 1.69. The number of nitrogens with zero attached hydrogens (tertiary/aromatic N) is 2. The molecule has 0 saturated carbocycles. The molecule has 0 N–H and O–H groups in total. The van der Waals surface area contributed by atoms with Gasteiger partial charge in [0.2, 0.25) is 6.23 Å². The number of carbonyl (C=O) groups is 1. The third-order valence-corrected chi connectivity index (χ3v) is 6.26. The third kappa shape index (κ3) is 3.77. The molecule has 6 nitrogen and oxygen atoms in total. The monoisotopic (exact) mass is 434 g/mol. The number of benzene rings is 2. The molecule has 1 aromatic heterocycles. The van der Waals surface area contributed by atoms with E-state index < -0.39 is 12.2 Å². The number of para-hydroxylation sites is 2. The maximum atomic E-state index is 11.8. The lowest BCUT2D eigenvalue weighted by atomic mass is 9.97. The van der Waals surface area contributed by atoms with Gasteiger partial charge in [-0.05, 0) is 36.6 Å². The molecule has 31 heavy (non-hydrogen) atoms. The van der Waals surface area contributed by atoms with Crippen molar-refractivity contribution in [2.24, 2.45) is 5.10 Å². The van der Waals surface area contributed by atoms with Gasteiger partial charge in [-0.1, -0.05) is 36.4 Å². The zero-order valence-electron chi connectivity index (χ0n) is 17.1. The predicted molar refractivity (Wildman–Crippen MR) is 118 cm³/mol. The molecule has 0 unspecified atom stereocenters. The van der Waals surface area contributed by atoms with Crippen molar-refractivity contribution >= 4 is 23.0 Å². The zero-order valence-corrected chi connectivity index (χ0v) is 17.9. The van der Waals surface area contributed by atoms with Gasteiger partial charge >= 0.3 is 5.97 Å². The topological polar surface area (TPSA) is 60.4 Å². The van der Waals surface area contributed by atoms with E-state index >= 15 is 0 Å². The Balaban J connectivity index is 1.51. The van der Waals surface area contributed by atoms with Gasteiger partial charge in [0.25, 0.3) is 0 Å². The SMILES string of the molecule is CCOC(=O)COc1ccccc1[C@@H]1Oc2ccccc2[C@@H]2CC(c3cccs3)=NN21. The second-order valence-corrected chi connectivity index (χ2v) is 8.21. The van der Waals surface area contributed by atoms with Gasteiger partial charge in [-0.25, -0.2) is 9.80 Å². The van der Waals surface area contributed by atoms with Crippen LogP contribution < -0.4 is 9.47 Å². The van der Waals surface area contributed by atoms with Crippen molar-refractivity contribution in [2.75, 3.05) is 13.2 Å². The largest absolute Gasteiger partial charge is 0.481 e. The van der Waals surface area contributed by atoms with Crippen LogP contribution in [0.3, 0.4) is 0 Å². The zero-order chi connectivity index (χ0) is 21.2. The second kappa shape index (κ2) is 8.43. The first kappa shape index (κ1) is 19.6. The average Bonchev–Trinajstić information content (AvgIpc) is 3.48. The Morgan fingerprint density at radius 1 is 1.13 bits per heavy atom. The summed E-state index contributed by atoms with van der Waals surface area (Å²) < 4.78 is 17.2. The van der Waals surface area contributed by atoms with Crippen LogP contribution in [-0.4, -0.2) is 29.9 Å². The van der Waals surface area contributed by atoms with E-state index in [2.05, 4.69) is 17.5 Å². The predicted octanol–water partition coefficient (Wildman–Crippen LogP) is 4.93. The molecule has 0 saturated heterocycles. The van der Waals surface area contributed by atoms with Gasteiger partial charge in [-0.3, -0.25) is 0 Å². The molecular weight excluding hydrogens is 412 g/mol. The molecule has 158 valence electrons. The number of ether oxygens (including phenoxy) is 3. The quantitative estimate of drug-likeness (QED) is 0.515. The third-order valence-electron chi connectivity index (χ3n) is 5.34. The molecule has 0 bridgehead atoms. The van der Waals surface area contributed by atoms with E-state index in [1.807, 2.05) is 53.5 Å². The van der Waals surface area contributed by atoms with Gasteiger partial charge in [0.15, 0.2) is 6.61 Å². The van der Waals surface area contributed by atoms with Gasteiger partial charge in [-0.2, -0.15) is 5.10 Å². The Labute approximate surface area is 184 Å². The Morgan fingerprint density at radius 3 is 2.74 bits per heavy atom. The minimum Gasteiger partial charge on any atom is -0.481 e. The highest BCUT2D eigenvalue weighted by atomic mass is 32.1. The molecule has 2 aliphatic heterocycles. The lowest BCUT2D eigenvalue weighted by Gasteiger charge is -2.38. The van der Waals surface area contributed by atoms with E-state index in [9.17, 15) is 4.79 Å². The number of hydrazone groups is 1. The van der Waals surface area contributed by atoms with Crippen LogP contribution in [0.25, 0.3) is 0 Å². The lowest BCUT2D eigenvalue weighted by Crippen LogP contribution is -2.34. The van der Waals surface area contributed by atoms with Crippen molar-refractivity contribution in [3.05, 3.63) is 82.0 Å². The molecular formula is C24H22N2O4S. The van der Waals surface area contributed by atoms with Crippen LogP contribution in [0.15, 0.2) is 71.1 Å². The van der Waals surface area contributed by atoms with Crippen LogP contribution in [0.4, 0.5) is 0 Å². The summed E-state index contributed by atoms with van der Waals surface area (Å²) in [5.41, 5.74) is 3.00. The van der Waals surface area contributed by atoms with Gasteiger partial charge < -0.3 is 14.2 Å². The number of hydrogen-bond donors (Lipinski definition) is 0. The summed E-state index contributed by atoms with van der Waals surface area (Å²) in [6.45, 7) is 1.94. The molecule has 0 fully saturated rings. The van der Waals surface area contributed by atoms with E-state index in [1.54, 1.807) is 18.3 Å². The summed E-state index contributed by atoms with van der Waals surface area (Å²) in [6.07, 6.45) is 0.347. The van der Waals surface area contributed by atoms with E-state index in [0.717, 1.165) is 33.9 Å². The van der Waals surface area contributed by atoms with Crippen LogP contribution in [0, 0.1) is 0 Å². The number of esters is 1. The van der Waals surface area contributed by atoms with Gasteiger partial charge in [0, 0.05) is 12.0 Å². The van der Waals surface area contributed by atoms with Gasteiger partial charge in [0.05, 0.1) is 28.8 Å². The number of hydrogen-bond acceptors (Lipinski definition) is 7. The molecule has 2 atom stereocenters. The summed E-state index contributed by atoms with van der Waals surface area (Å²) in [6, 6.07) is 19.9. The lowest BCUT2D eigenvalue weighted by molar-refractivity contribution is -0.145. The number of rotatable bonds is 6. The summed E-state index contributed by atoms with van der Waals surface area (Å²) in [4.78, 5) is 13.0. The van der Waals surface area contributed by atoms with E-state index in [0.29, 0.717) is 12.4 Å². The Hall–Kier alpha value is -3.32. The van der Waals surface area contributed by atoms with Crippen LogP contribution in [-0.2, 0) is 9.53 Å². The summed E-state index contributed by atoms with van der Waals surface area (Å²) in [7, 11) is 0.